The third-order valence-corrected chi connectivity index (χ3v) is 3.70. The van der Waals surface area contributed by atoms with Crippen LogP contribution >= 0.6 is 0 Å². The lowest BCUT2D eigenvalue weighted by atomic mass is 9.87. The van der Waals surface area contributed by atoms with Gasteiger partial charge in [-0.3, -0.25) is 9.59 Å². The van der Waals surface area contributed by atoms with Gasteiger partial charge in [-0.2, -0.15) is 0 Å². The molecule has 0 heterocycles. The first-order chi connectivity index (χ1) is 11.3. The van der Waals surface area contributed by atoms with E-state index >= 15 is 0 Å². The Kier molecular flexibility index (Phi) is 8.47. The van der Waals surface area contributed by atoms with Crippen molar-refractivity contribution in [3.8, 4) is 0 Å². The average molecular weight is 333 g/mol. The fourth-order valence-electron chi connectivity index (χ4n) is 2.19. The zero-order valence-electron chi connectivity index (χ0n) is 15.4. The van der Waals surface area contributed by atoms with Gasteiger partial charge in [-0.15, -0.1) is 0 Å². The summed E-state index contributed by atoms with van der Waals surface area (Å²) in [5.41, 5.74) is 1.88. The largest absolute Gasteiger partial charge is 0.355 e. The minimum absolute atomic E-state index is 0.0447. The Balaban J connectivity index is 2.27. The highest BCUT2D eigenvalue weighted by atomic mass is 16.2. The van der Waals surface area contributed by atoms with Gasteiger partial charge < -0.3 is 16.0 Å². The highest BCUT2D eigenvalue weighted by Gasteiger charge is 2.14. The zero-order chi connectivity index (χ0) is 18.0. The number of rotatable bonds is 9. The highest BCUT2D eigenvalue weighted by Crippen LogP contribution is 2.22. The van der Waals surface area contributed by atoms with Crippen LogP contribution in [0.3, 0.4) is 0 Å². The van der Waals surface area contributed by atoms with Crippen molar-refractivity contribution >= 4 is 11.8 Å². The first-order valence-electron chi connectivity index (χ1n) is 8.70. The summed E-state index contributed by atoms with van der Waals surface area (Å²) in [5, 5.41) is 8.83. The van der Waals surface area contributed by atoms with Gasteiger partial charge in [-0.1, -0.05) is 39.8 Å². The number of benzene rings is 1. The van der Waals surface area contributed by atoms with Gasteiger partial charge >= 0.3 is 0 Å². The van der Waals surface area contributed by atoms with Crippen LogP contribution in [0.2, 0.25) is 0 Å². The minimum Gasteiger partial charge on any atom is -0.355 e. The van der Waals surface area contributed by atoms with Gasteiger partial charge in [0, 0.05) is 31.6 Å². The molecule has 5 heteroatoms. The SMILES string of the molecule is CCCNCCNC(=O)CCNC(=O)c1ccc(C(C)(C)C)cc1. The van der Waals surface area contributed by atoms with Gasteiger partial charge in [0.2, 0.25) is 5.91 Å². The van der Waals surface area contributed by atoms with Crippen molar-refractivity contribution in [3.63, 3.8) is 0 Å². The van der Waals surface area contributed by atoms with Crippen LogP contribution in [-0.4, -0.2) is 38.0 Å². The summed E-state index contributed by atoms with van der Waals surface area (Å²) in [4.78, 5) is 23.7. The molecular formula is C19H31N3O2. The molecule has 0 aliphatic heterocycles. The van der Waals surface area contributed by atoms with E-state index in [1.165, 1.54) is 5.56 Å². The minimum atomic E-state index is -0.145. The van der Waals surface area contributed by atoms with Crippen molar-refractivity contribution in [1.29, 1.82) is 0 Å². The first-order valence-corrected chi connectivity index (χ1v) is 8.70. The lowest BCUT2D eigenvalue weighted by molar-refractivity contribution is -0.120. The predicted molar refractivity (Wildman–Crippen MR) is 98.3 cm³/mol. The summed E-state index contributed by atoms with van der Waals surface area (Å²) in [6.45, 7) is 11.2. The summed E-state index contributed by atoms with van der Waals surface area (Å²) >= 11 is 0. The second kappa shape index (κ2) is 10.1. The molecule has 5 nitrogen and oxygen atoms in total. The molecule has 0 saturated carbocycles. The molecule has 1 aromatic rings. The van der Waals surface area contributed by atoms with E-state index in [0.717, 1.165) is 19.5 Å². The van der Waals surface area contributed by atoms with Gasteiger partial charge in [0.05, 0.1) is 0 Å². The molecule has 24 heavy (non-hydrogen) atoms. The molecule has 3 N–H and O–H groups in total. The van der Waals surface area contributed by atoms with E-state index in [9.17, 15) is 9.59 Å². The van der Waals surface area contributed by atoms with Gasteiger partial charge in [0.15, 0.2) is 0 Å². The van der Waals surface area contributed by atoms with Crippen molar-refractivity contribution < 1.29 is 9.59 Å². The van der Waals surface area contributed by atoms with Crippen LogP contribution in [0.5, 0.6) is 0 Å². The predicted octanol–water partition coefficient (Wildman–Crippen LogP) is 2.22. The standard InChI is InChI=1S/C19H31N3O2/c1-5-11-20-13-14-21-17(23)10-12-22-18(24)15-6-8-16(9-7-15)19(2,3)4/h6-9,20H,5,10-14H2,1-4H3,(H,21,23)(H,22,24). The molecule has 0 spiro atoms. The molecule has 0 fully saturated rings. The fraction of sp³-hybridized carbons (Fsp3) is 0.579. The first kappa shape index (κ1) is 20.2. The summed E-state index contributed by atoms with van der Waals surface area (Å²) in [7, 11) is 0. The monoisotopic (exact) mass is 333 g/mol. The molecule has 0 aromatic heterocycles. The summed E-state index contributed by atoms with van der Waals surface area (Å²) in [5.74, 6) is -0.190. The Morgan fingerprint density at radius 2 is 1.58 bits per heavy atom. The van der Waals surface area contributed by atoms with E-state index in [1.54, 1.807) is 0 Å². The zero-order valence-corrected chi connectivity index (χ0v) is 15.4. The van der Waals surface area contributed by atoms with Crippen molar-refractivity contribution in [2.75, 3.05) is 26.2 Å². The second-order valence-electron chi connectivity index (χ2n) is 6.93. The van der Waals surface area contributed by atoms with Crippen LogP contribution in [0.25, 0.3) is 0 Å². The van der Waals surface area contributed by atoms with Crippen LogP contribution in [-0.2, 0) is 10.2 Å². The number of hydrogen-bond acceptors (Lipinski definition) is 3. The van der Waals surface area contributed by atoms with E-state index in [4.69, 9.17) is 0 Å². The van der Waals surface area contributed by atoms with Gasteiger partial charge in [0.25, 0.3) is 5.91 Å². The molecule has 2 amide bonds. The van der Waals surface area contributed by atoms with Crippen molar-refractivity contribution in [2.45, 2.75) is 46.0 Å². The maximum absolute atomic E-state index is 12.1. The Bertz CT molecular complexity index is 518. The molecule has 0 aliphatic carbocycles. The topological polar surface area (TPSA) is 70.2 Å². The Hall–Kier alpha value is -1.88. The van der Waals surface area contributed by atoms with E-state index in [1.807, 2.05) is 24.3 Å². The Labute approximate surface area is 145 Å². The van der Waals surface area contributed by atoms with Crippen molar-refractivity contribution in [2.24, 2.45) is 0 Å². The molecule has 0 saturated heterocycles. The van der Waals surface area contributed by atoms with Gasteiger partial charge in [-0.05, 0) is 36.1 Å². The average Bonchev–Trinajstić information content (AvgIpc) is 2.54. The smallest absolute Gasteiger partial charge is 0.251 e. The van der Waals surface area contributed by atoms with Crippen LogP contribution in [0, 0.1) is 0 Å². The normalized spacial score (nSPS) is 11.2. The van der Waals surface area contributed by atoms with E-state index in [0.29, 0.717) is 25.1 Å². The lowest BCUT2D eigenvalue weighted by Crippen LogP contribution is -2.34. The fourth-order valence-corrected chi connectivity index (χ4v) is 2.19. The summed E-state index contributed by atoms with van der Waals surface area (Å²) in [6, 6.07) is 7.61. The van der Waals surface area contributed by atoms with Crippen LogP contribution in [0.15, 0.2) is 24.3 Å². The molecule has 0 aliphatic rings. The van der Waals surface area contributed by atoms with Crippen molar-refractivity contribution in [1.82, 2.24) is 16.0 Å². The molecule has 0 atom stereocenters. The number of hydrogen-bond donors (Lipinski definition) is 3. The summed E-state index contributed by atoms with van der Waals surface area (Å²) in [6.07, 6.45) is 1.37. The van der Waals surface area contributed by atoms with Gasteiger partial charge in [-0.25, -0.2) is 0 Å². The maximum atomic E-state index is 12.1. The number of carbonyl (C=O) groups excluding carboxylic acids is 2. The number of amides is 2. The quantitative estimate of drug-likeness (QED) is 0.607. The molecule has 134 valence electrons. The van der Waals surface area contributed by atoms with Crippen molar-refractivity contribution in [3.05, 3.63) is 35.4 Å². The molecule has 0 radical (unpaired) electrons. The van der Waals surface area contributed by atoms with Crippen LogP contribution in [0.1, 0.15) is 56.5 Å². The van der Waals surface area contributed by atoms with Crippen LogP contribution < -0.4 is 16.0 Å². The lowest BCUT2D eigenvalue weighted by Gasteiger charge is -2.19. The third-order valence-electron chi connectivity index (χ3n) is 3.70. The summed E-state index contributed by atoms with van der Waals surface area (Å²) < 4.78 is 0. The third kappa shape index (κ3) is 7.59. The molecular weight excluding hydrogens is 302 g/mol. The van der Waals surface area contributed by atoms with Gasteiger partial charge in [0.1, 0.15) is 0 Å². The molecule has 1 aromatic carbocycles. The molecule has 0 unspecified atom stereocenters. The molecule has 0 bridgehead atoms. The second-order valence-corrected chi connectivity index (χ2v) is 6.93. The molecule has 1 rings (SSSR count). The number of carbonyl (C=O) groups is 2. The Morgan fingerprint density at radius 1 is 0.917 bits per heavy atom. The van der Waals surface area contributed by atoms with Crippen LogP contribution in [0.4, 0.5) is 0 Å². The Morgan fingerprint density at radius 3 is 2.17 bits per heavy atom. The van der Waals surface area contributed by atoms with E-state index in [-0.39, 0.29) is 17.2 Å². The highest BCUT2D eigenvalue weighted by molar-refractivity contribution is 5.94. The van der Waals surface area contributed by atoms with E-state index in [2.05, 4.69) is 43.6 Å². The number of nitrogens with one attached hydrogen (secondary N) is 3. The maximum Gasteiger partial charge on any atom is 0.251 e. The van der Waals surface area contributed by atoms with E-state index < -0.39 is 0 Å².